The lowest BCUT2D eigenvalue weighted by Crippen LogP contribution is -2.47. The highest BCUT2D eigenvalue weighted by atomic mass is 16.5. The highest BCUT2D eigenvalue weighted by Gasteiger charge is 2.27. The van der Waals surface area contributed by atoms with Crippen LogP contribution in [0.15, 0.2) is 12.2 Å². The van der Waals surface area contributed by atoms with Crippen LogP contribution in [0.3, 0.4) is 0 Å². The second-order valence-corrected chi connectivity index (χ2v) is 5.69. The molecule has 0 aromatic rings. The van der Waals surface area contributed by atoms with Crippen LogP contribution in [0, 0.1) is 5.92 Å². The van der Waals surface area contributed by atoms with Gasteiger partial charge in [0.25, 0.3) is 0 Å². The Hall–Kier alpha value is -1.85. The van der Waals surface area contributed by atoms with Gasteiger partial charge in [0.1, 0.15) is 12.1 Å². The molecule has 0 aliphatic heterocycles. The minimum absolute atomic E-state index is 0.0309. The number of rotatable bonds is 9. The Balaban J connectivity index is 4.70. The summed E-state index contributed by atoms with van der Waals surface area (Å²) in [4.78, 5) is 36.1. The number of carbonyl (C=O) groups excluding carboxylic acids is 3. The van der Waals surface area contributed by atoms with E-state index in [1.54, 1.807) is 14.0 Å². The second kappa shape index (κ2) is 9.97. The maximum Gasteiger partial charge on any atom is 0.302 e. The first-order valence-electron chi connectivity index (χ1n) is 7.52. The largest absolute Gasteiger partial charge is 0.462 e. The van der Waals surface area contributed by atoms with E-state index in [9.17, 15) is 14.4 Å². The molecule has 0 radical (unpaired) electrons. The number of likely N-dealkylation sites (N-methyl/N-ethyl adjacent to an activating group) is 1. The van der Waals surface area contributed by atoms with Crippen LogP contribution in [0.4, 0.5) is 0 Å². The number of allylic oxidation sites excluding steroid dienone is 2. The summed E-state index contributed by atoms with van der Waals surface area (Å²) in [6, 6.07) is -0.655. The van der Waals surface area contributed by atoms with E-state index in [4.69, 9.17) is 10.5 Å². The number of hydrogen-bond acceptors (Lipinski definition) is 4. The van der Waals surface area contributed by atoms with E-state index in [2.05, 4.69) is 0 Å². The van der Waals surface area contributed by atoms with Crippen molar-refractivity contribution in [3.05, 3.63) is 12.2 Å². The molecule has 0 aliphatic carbocycles. The van der Waals surface area contributed by atoms with Gasteiger partial charge in [-0.3, -0.25) is 14.4 Å². The molecule has 6 nitrogen and oxygen atoms in total. The predicted octanol–water partition coefficient (Wildman–Crippen LogP) is 1.63. The van der Waals surface area contributed by atoms with Crippen molar-refractivity contribution < 1.29 is 19.1 Å². The van der Waals surface area contributed by atoms with Crippen LogP contribution in [0.25, 0.3) is 0 Å². The molecule has 22 heavy (non-hydrogen) atoms. The van der Waals surface area contributed by atoms with Gasteiger partial charge in [-0.15, -0.1) is 0 Å². The number of ether oxygens (including phenoxy) is 1. The summed E-state index contributed by atoms with van der Waals surface area (Å²) in [5.41, 5.74) is 5.43. The molecule has 0 aromatic heterocycles. The maximum atomic E-state index is 12.2. The minimum Gasteiger partial charge on any atom is -0.462 e. The highest BCUT2D eigenvalue weighted by Crippen LogP contribution is 2.16. The first-order chi connectivity index (χ1) is 10.2. The molecule has 6 heteroatoms. The van der Waals surface area contributed by atoms with Crippen LogP contribution < -0.4 is 5.73 Å². The molecule has 0 bridgehead atoms. The molecular weight excluding hydrogens is 284 g/mol. The normalized spacial score (nSPS) is 15.1. The van der Waals surface area contributed by atoms with Crippen LogP contribution in [0.2, 0.25) is 0 Å². The second-order valence-electron chi connectivity index (χ2n) is 5.69. The average Bonchev–Trinajstić information content (AvgIpc) is 2.40. The fourth-order valence-electron chi connectivity index (χ4n) is 2.20. The maximum absolute atomic E-state index is 12.2. The molecule has 0 spiro atoms. The van der Waals surface area contributed by atoms with Gasteiger partial charge in [-0.25, -0.2) is 0 Å². The SMILES string of the molecule is C/C=C/C[C@@H](C)C[C@@H](C(N)=O)N(C)C(=O)CC(C)OC(C)=O. The van der Waals surface area contributed by atoms with Gasteiger partial charge >= 0.3 is 5.97 Å². The Morgan fingerprint density at radius 3 is 2.32 bits per heavy atom. The number of nitrogens with zero attached hydrogens (tertiary/aromatic N) is 1. The van der Waals surface area contributed by atoms with Gasteiger partial charge in [-0.1, -0.05) is 19.1 Å². The molecule has 0 rings (SSSR count). The van der Waals surface area contributed by atoms with Gasteiger partial charge in [-0.2, -0.15) is 0 Å². The van der Waals surface area contributed by atoms with Crippen molar-refractivity contribution in [2.75, 3.05) is 7.05 Å². The fourth-order valence-corrected chi connectivity index (χ4v) is 2.20. The van der Waals surface area contributed by atoms with Crippen molar-refractivity contribution in [3.8, 4) is 0 Å². The number of nitrogens with two attached hydrogens (primary N) is 1. The van der Waals surface area contributed by atoms with Crippen molar-refractivity contribution >= 4 is 17.8 Å². The first kappa shape index (κ1) is 20.1. The molecule has 0 aliphatic rings. The number of esters is 1. The van der Waals surface area contributed by atoms with Crippen LogP contribution >= 0.6 is 0 Å². The van der Waals surface area contributed by atoms with Crippen LogP contribution in [0.5, 0.6) is 0 Å². The van der Waals surface area contributed by atoms with Crippen molar-refractivity contribution in [3.63, 3.8) is 0 Å². The summed E-state index contributed by atoms with van der Waals surface area (Å²) in [6.07, 6.45) is 4.80. The molecule has 2 N–H and O–H groups in total. The van der Waals surface area contributed by atoms with Gasteiger partial charge < -0.3 is 15.4 Å². The van der Waals surface area contributed by atoms with E-state index in [0.717, 1.165) is 6.42 Å². The molecule has 1 unspecified atom stereocenters. The Kier molecular flexibility index (Phi) is 9.13. The highest BCUT2D eigenvalue weighted by molar-refractivity contribution is 5.86. The number of primary amides is 1. The van der Waals surface area contributed by atoms with E-state index in [0.29, 0.717) is 6.42 Å². The molecular formula is C16H28N2O4. The van der Waals surface area contributed by atoms with E-state index in [1.165, 1.54) is 11.8 Å². The summed E-state index contributed by atoms with van der Waals surface area (Å²) < 4.78 is 4.93. The third-order valence-corrected chi connectivity index (χ3v) is 3.42. The van der Waals surface area contributed by atoms with Gasteiger partial charge in [0, 0.05) is 14.0 Å². The lowest BCUT2D eigenvalue weighted by Gasteiger charge is -2.28. The van der Waals surface area contributed by atoms with Crippen molar-refractivity contribution in [1.29, 1.82) is 0 Å². The summed E-state index contributed by atoms with van der Waals surface area (Å²) >= 11 is 0. The Labute approximate surface area is 132 Å². The van der Waals surface area contributed by atoms with E-state index < -0.39 is 24.0 Å². The van der Waals surface area contributed by atoms with Gasteiger partial charge in [0.15, 0.2) is 0 Å². The van der Waals surface area contributed by atoms with Crippen molar-refractivity contribution in [2.24, 2.45) is 11.7 Å². The Morgan fingerprint density at radius 1 is 1.27 bits per heavy atom. The van der Waals surface area contributed by atoms with Crippen molar-refractivity contribution in [1.82, 2.24) is 4.90 Å². The quantitative estimate of drug-likeness (QED) is 0.517. The topological polar surface area (TPSA) is 89.7 Å². The molecule has 126 valence electrons. The summed E-state index contributed by atoms with van der Waals surface area (Å²) in [6.45, 7) is 6.88. The molecule has 2 amide bonds. The zero-order chi connectivity index (χ0) is 17.3. The van der Waals surface area contributed by atoms with Crippen molar-refractivity contribution in [2.45, 2.75) is 59.1 Å². The molecule has 0 saturated heterocycles. The Bertz CT molecular complexity index is 420. The predicted molar refractivity (Wildman–Crippen MR) is 84.8 cm³/mol. The standard InChI is InChI=1S/C16H28N2O4/c1-6-7-8-11(2)9-14(16(17)21)18(5)15(20)10-12(3)22-13(4)19/h6-7,11-12,14H,8-10H2,1-5H3,(H2,17,21)/b7-6+/t11-,12?,14+/m1/s1. The third kappa shape index (κ3) is 7.81. The number of amides is 2. The smallest absolute Gasteiger partial charge is 0.302 e. The fraction of sp³-hybridized carbons (Fsp3) is 0.688. The zero-order valence-electron chi connectivity index (χ0n) is 14.2. The van der Waals surface area contributed by atoms with Crippen LogP contribution in [-0.4, -0.2) is 41.9 Å². The minimum atomic E-state index is -0.655. The average molecular weight is 312 g/mol. The first-order valence-corrected chi connectivity index (χ1v) is 7.52. The van der Waals surface area contributed by atoms with Crippen LogP contribution in [0.1, 0.15) is 47.0 Å². The summed E-state index contributed by atoms with van der Waals surface area (Å²) in [5, 5.41) is 0. The van der Waals surface area contributed by atoms with Gasteiger partial charge in [-0.05, 0) is 32.6 Å². The van der Waals surface area contributed by atoms with Gasteiger partial charge in [0.05, 0.1) is 6.42 Å². The van der Waals surface area contributed by atoms with E-state index >= 15 is 0 Å². The lowest BCUT2D eigenvalue weighted by atomic mass is 9.96. The Morgan fingerprint density at radius 2 is 1.86 bits per heavy atom. The molecule has 0 heterocycles. The summed E-state index contributed by atoms with van der Waals surface area (Å²) in [7, 11) is 1.56. The molecule has 0 fully saturated rings. The van der Waals surface area contributed by atoms with Crippen LogP contribution in [-0.2, 0) is 19.1 Å². The molecule has 0 saturated carbocycles. The van der Waals surface area contributed by atoms with Gasteiger partial charge in [0.2, 0.25) is 11.8 Å². The van der Waals surface area contributed by atoms with E-state index in [-0.39, 0.29) is 18.2 Å². The summed E-state index contributed by atoms with van der Waals surface area (Å²) in [5.74, 6) is -0.997. The third-order valence-electron chi connectivity index (χ3n) is 3.42. The number of carbonyl (C=O) groups is 3. The monoisotopic (exact) mass is 312 g/mol. The molecule has 0 aromatic carbocycles. The zero-order valence-corrected chi connectivity index (χ0v) is 14.2. The lowest BCUT2D eigenvalue weighted by molar-refractivity contribution is -0.149. The number of hydrogen-bond donors (Lipinski definition) is 1. The molecule has 3 atom stereocenters. The van der Waals surface area contributed by atoms with E-state index in [1.807, 2.05) is 26.0 Å².